The van der Waals surface area contributed by atoms with Gasteiger partial charge >= 0.3 is 0 Å². The standard InChI is InChI=1S/C13H17FN2/c1-9-11-8-10(14)5-6-13(11)16-12(9)4-3-7-15-2/h5-6,8,15-16H,3-4,7H2,1-2H3. The third kappa shape index (κ3) is 2.09. The van der Waals surface area contributed by atoms with Crippen molar-refractivity contribution in [1.29, 1.82) is 0 Å². The molecule has 3 heteroatoms. The second-order valence-corrected chi connectivity index (χ2v) is 4.13. The lowest BCUT2D eigenvalue weighted by Gasteiger charge is -1.99. The molecule has 0 amide bonds. The number of hydrogen-bond donors (Lipinski definition) is 2. The zero-order valence-corrected chi connectivity index (χ0v) is 9.73. The third-order valence-electron chi connectivity index (χ3n) is 2.98. The Morgan fingerprint density at radius 2 is 2.19 bits per heavy atom. The van der Waals surface area contributed by atoms with E-state index in [1.54, 1.807) is 12.1 Å². The van der Waals surface area contributed by atoms with Crippen LogP contribution in [0.3, 0.4) is 0 Å². The van der Waals surface area contributed by atoms with Crippen molar-refractivity contribution in [3.05, 3.63) is 35.3 Å². The van der Waals surface area contributed by atoms with Crippen LogP contribution >= 0.6 is 0 Å². The van der Waals surface area contributed by atoms with Gasteiger partial charge in [0.25, 0.3) is 0 Å². The van der Waals surface area contributed by atoms with Crippen LogP contribution in [0, 0.1) is 12.7 Å². The molecule has 2 nitrogen and oxygen atoms in total. The summed E-state index contributed by atoms with van der Waals surface area (Å²) in [5.74, 6) is -0.170. The van der Waals surface area contributed by atoms with Gasteiger partial charge in [-0.05, 0) is 57.1 Å². The number of aryl methyl sites for hydroxylation is 2. The first-order valence-corrected chi connectivity index (χ1v) is 5.63. The Morgan fingerprint density at radius 1 is 1.38 bits per heavy atom. The number of benzene rings is 1. The molecule has 2 N–H and O–H groups in total. The normalized spacial score (nSPS) is 11.2. The SMILES string of the molecule is CNCCCc1[nH]c2ccc(F)cc2c1C. The third-order valence-corrected chi connectivity index (χ3v) is 2.98. The van der Waals surface area contributed by atoms with Crippen LogP contribution in [-0.4, -0.2) is 18.6 Å². The summed E-state index contributed by atoms with van der Waals surface area (Å²) in [4.78, 5) is 3.36. The van der Waals surface area contributed by atoms with Gasteiger partial charge in [-0.25, -0.2) is 4.39 Å². The van der Waals surface area contributed by atoms with E-state index in [2.05, 4.69) is 10.3 Å². The molecule has 0 saturated heterocycles. The lowest BCUT2D eigenvalue weighted by molar-refractivity contribution is 0.629. The van der Waals surface area contributed by atoms with Crippen LogP contribution in [0.2, 0.25) is 0 Å². The zero-order valence-electron chi connectivity index (χ0n) is 9.73. The highest BCUT2D eigenvalue weighted by molar-refractivity contribution is 5.84. The van der Waals surface area contributed by atoms with Crippen molar-refractivity contribution < 1.29 is 4.39 Å². The second kappa shape index (κ2) is 4.66. The number of nitrogens with one attached hydrogen (secondary N) is 2. The Kier molecular flexibility index (Phi) is 3.25. The molecule has 1 aromatic carbocycles. The molecule has 1 heterocycles. The molecule has 0 unspecified atom stereocenters. The van der Waals surface area contributed by atoms with Crippen molar-refractivity contribution in [2.75, 3.05) is 13.6 Å². The van der Waals surface area contributed by atoms with Crippen LogP contribution in [0.1, 0.15) is 17.7 Å². The molecule has 1 aromatic heterocycles. The number of rotatable bonds is 4. The summed E-state index contributed by atoms with van der Waals surface area (Å²) in [6.45, 7) is 3.05. The van der Waals surface area contributed by atoms with E-state index in [-0.39, 0.29) is 5.82 Å². The number of H-pyrrole nitrogens is 1. The number of aromatic amines is 1. The molecule has 86 valence electrons. The van der Waals surface area contributed by atoms with Gasteiger partial charge in [-0.2, -0.15) is 0 Å². The fraction of sp³-hybridized carbons (Fsp3) is 0.385. The minimum atomic E-state index is -0.170. The van der Waals surface area contributed by atoms with Gasteiger partial charge in [0.1, 0.15) is 5.82 Å². The quantitative estimate of drug-likeness (QED) is 0.762. The summed E-state index contributed by atoms with van der Waals surface area (Å²) in [5, 5.41) is 4.13. The maximum absolute atomic E-state index is 13.1. The fourth-order valence-electron chi connectivity index (χ4n) is 2.05. The highest BCUT2D eigenvalue weighted by atomic mass is 19.1. The van der Waals surface area contributed by atoms with Gasteiger partial charge in [0.2, 0.25) is 0 Å². The Bertz CT molecular complexity index is 488. The minimum Gasteiger partial charge on any atom is -0.358 e. The molecule has 0 spiro atoms. The number of fused-ring (bicyclic) bond motifs is 1. The van der Waals surface area contributed by atoms with Gasteiger partial charge in [0.05, 0.1) is 0 Å². The van der Waals surface area contributed by atoms with E-state index in [9.17, 15) is 4.39 Å². The molecule has 0 radical (unpaired) electrons. The van der Waals surface area contributed by atoms with Crippen LogP contribution in [0.4, 0.5) is 4.39 Å². The molecule has 0 aliphatic rings. The van der Waals surface area contributed by atoms with Gasteiger partial charge < -0.3 is 10.3 Å². The monoisotopic (exact) mass is 220 g/mol. The van der Waals surface area contributed by atoms with E-state index < -0.39 is 0 Å². The van der Waals surface area contributed by atoms with E-state index in [0.29, 0.717) is 0 Å². The molecule has 16 heavy (non-hydrogen) atoms. The van der Waals surface area contributed by atoms with Gasteiger partial charge in [-0.1, -0.05) is 0 Å². The van der Waals surface area contributed by atoms with Crippen molar-refractivity contribution >= 4 is 10.9 Å². The fourth-order valence-corrected chi connectivity index (χ4v) is 2.05. The van der Waals surface area contributed by atoms with Crippen LogP contribution < -0.4 is 5.32 Å². The maximum atomic E-state index is 13.1. The Hall–Kier alpha value is -1.35. The molecule has 2 rings (SSSR count). The summed E-state index contributed by atoms with van der Waals surface area (Å²) in [5.41, 5.74) is 3.42. The average Bonchev–Trinajstić information content (AvgIpc) is 2.57. The Labute approximate surface area is 94.9 Å². The van der Waals surface area contributed by atoms with E-state index in [4.69, 9.17) is 0 Å². The first-order chi connectivity index (χ1) is 7.72. The molecular formula is C13H17FN2. The smallest absolute Gasteiger partial charge is 0.123 e. The lowest BCUT2D eigenvalue weighted by atomic mass is 10.1. The Balaban J connectivity index is 2.29. The van der Waals surface area contributed by atoms with Crippen molar-refractivity contribution in [2.45, 2.75) is 19.8 Å². The van der Waals surface area contributed by atoms with E-state index in [0.717, 1.165) is 30.3 Å². The number of hydrogen-bond acceptors (Lipinski definition) is 1. The molecule has 0 saturated carbocycles. The molecule has 2 aromatic rings. The number of halogens is 1. The second-order valence-electron chi connectivity index (χ2n) is 4.13. The lowest BCUT2D eigenvalue weighted by Crippen LogP contribution is -2.08. The van der Waals surface area contributed by atoms with Gasteiger partial charge in [0.15, 0.2) is 0 Å². The van der Waals surface area contributed by atoms with Crippen molar-refractivity contribution in [3.8, 4) is 0 Å². The molecule has 0 fully saturated rings. The largest absolute Gasteiger partial charge is 0.358 e. The van der Waals surface area contributed by atoms with Crippen molar-refractivity contribution in [2.24, 2.45) is 0 Å². The maximum Gasteiger partial charge on any atom is 0.123 e. The average molecular weight is 220 g/mol. The predicted octanol–water partition coefficient (Wildman–Crippen LogP) is 2.77. The molecule has 0 bridgehead atoms. The molecule has 0 atom stereocenters. The number of aromatic nitrogens is 1. The summed E-state index contributed by atoms with van der Waals surface area (Å²) < 4.78 is 13.1. The first kappa shape index (κ1) is 11.1. The van der Waals surface area contributed by atoms with Crippen LogP contribution in [0.15, 0.2) is 18.2 Å². The minimum absolute atomic E-state index is 0.170. The summed E-state index contributed by atoms with van der Waals surface area (Å²) in [6.07, 6.45) is 2.09. The van der Waals surface area contributed by atoms with Gasteiger partial charge in [-0.15, -0.1) is 0 Å². The summed E-state index contributed by atoms with van der Waals surface area (Å²) in [7, 11) is 1.95. The highest BCUT2D eigenvalue weighted by Crippen LogP contribution is 2.23. The van der Waals surface area contributed by atoms with Gasteiger partial charge in [0, 0.05) is 16.6 Å². The molecular weight excluding hydrogens is 203 g/mol. The molecule has 0 aliphatic carbocycles. The predicted molar refractivity (Wildman–Crippen MR) is 65.2 cm³/mol. The summed E-state index contributed by atoms with van der Waals surface area (Å²) >= 11 is 0. The zero-order chi connectivity index (χ0) is 11.5. The Morgan fingerprint density at radius 3 is 2.94 bits per heavy atom. The van der Waals surface area contributed by atoms with Crippen molar-refractivity contribution in [3.63, 3.8) is 0 Å². The topological polar surface area (TPSA) is 27.8 Å². The van der Waals surface area contributed by atoms with Gasteiger partial charge in [-0.3, -0.25) is 0 Å². The van der Waals surface area contributed by atoms with Crippen LogP contribution in [-0.2, 0) is 6.42 Å². The van der Waals surface area contributed by atoms with Crippen LogP contribution in [0.5, 0.6) is 0 Å². The molecule has 0 aliphatic heterocycles. The summed E-state index contributed by atoms with van der Waals surface area (Å²) in [6, 6.07) is 4.90. The van der Waals surface area contributed by atoms with Crippen LogP contribution in [0.25, 0.3) is 10.9 Å². The van der Waals surface area contributed by atoms with Crippen molar-refractivity contribution in [1.82, 2.24) is 10.3 Å². The highest BCUT2D eigenvalue weighted by Gasteiger charge is 2.07. The van der Waals surface area contributed by atoms with E-state index in [1.807, 2.05) is 14.0 Å². The van der Waals surface area contributed by atoms with E-state index in [1.165, 1.54) is 17.3 Å². The first-order valence-electron chi connectivity index (χ1n) is 5.63. The van der Waals surface area contributed by atoms with E-state index >= 15 is 0 Å².